The highest BCUT2D eigenvalue weighted by Crippen LogP contribution is 2.21. The molecule has 1 heterocycles. The highest BCUT2D eigenvalue weighted by molar-refractivity contribution is 5.47. The first-order valence-electron chi connectivity index (χ1n) is 4.83. The van der Waals surface area contributed by atoms with Gasteiger partial charge in [-0.25, -0.2) is 0 Å². The summed E-state index contributed by atoms with van der Waals surface area (Å²) in [5, 5.41) is 7.81. The van der Waals surface area contributed by atoms with Gasteiger partial charge in [-0.2, -0.15) is 5.10 Å². The van der Waals surface area contributed by atoms with Crippen LogP contribution in [-0.4, -0.2) is 16.9 Å². The van der Waals surface area contributed by atoms with Crippen molar-refractivity contribution in [3.05, 3.63) is 42.1 Å². The number of aryl methyl sites for hydroxylation is 1. The lowest BCUT2D eigenvalue weighted by Gasteiger charge is -2.03. The molecule has 4 heteroatoms. The van der Waals surface area contributed by atoms with Gasteiger partial charge in [0.2, 0.25) is 5.88 Å². The molecule has 0 aliphatic rings. The second-order valence-electron chi connectivity index (χ2n) is 3.27. The molecule has 0 saturated heterocycles. The van der Waals surface area contributed by atoms with Crippen LogP contribution in [-0.2, 0) is 0 Å². The predicted octanol–water partition coefficient (Wildman–Crippen LogP) is 2.91. The Morgan fingerprint density at radius 3 is 2.38 bits per heavy atom. The molecule has 80 valence electrons. The Hall–Kier alpha value is -2.23. The molecule has 0 unspecified atom stereocenters. The molecule has 2 aromatic rings. The largest absolute Gasteiger partial charge is 0.438 e. The fourth-order valence-corrected chi connectivity index (χ4v) is 1.18. The Labute approximate surface area is 93.6 Å². The molecule has 0 N–H and O–H groups in total. The topological polar surface area (TPSA) is 47.4 Å². The molecular formula is C12H11N3O. The van der Waals surface area contributed by atoms with Gasteiger partial charge in [0, 0.05) is 6.07 Å². The molecule has 4 nitrogen and oxygen atoms in total. The van der Waals surface area contributed by atoms with Crippen molar-refractivity contribution in [3.8, 4) is 11.6 Å². The SMILES string of the molecule is C=Nc1ccc(Oc2ccc(C)nn2)cc1. The lowest BCUT2D eigenvalue weighted by atomic mass is 10.3. The van der Waals surface area contributed by atoms with Crippen molar-refractivity contribution in [1.82, 2.24) is 10.2 Å². The van der Waals surface area contributed by atoms with E-state index in [-0.39, 0.29) is 0 Å². The highest BCUT2D eigenvalue weighted by atomic mass is 16.5. The van der Waals surface area contributed by atoms with E-state index in [4.69, 9.17) is 4.74 Å². The molecule has 1 aromatic heterocycles. The number of aromatic nitrogens is 2. The van der Waals surface area contributed by atoms with Crippen LogP contribution in [0.4, 0.5) is 5.69 Å². The molecule has 1 aromatic carbocycles. The number of hydrogen-bond acceptors (Lipinski definition) is 4. The van der Waals surface area contributed by atoms with E-state index in [0.29, 0.717) is 11.6 Å². The van der Waals surface area contributed by atoms with Crippen molar-refractivity contribution in [2.75, 3.05) is 0 Å². The second-order valence-corrected chi connectivity index (χ2v) is 3.27. The smallest absolute Gasteiger partial charge is 0.238 e. The standard InChI is InChI=1S/C12H11N3O/c1-9-3-8-12(15-14-9)16-11-6-4-10(13-2)5-7-11/h3-8H,2H2,1H3. The van der Waals surface area contributed by atoms with E-state index >= 15 is 0 Å². The Morgan fingerprint density at radius 1 is 1.06 bits per heavy atom. The minimum atomic E-state index is 0.477. The molecule has 0 aliphatic carbocycles. The normalized spacial score (nSPS) is 9.81. The maximum Gasteiger partial charge on any atom is 0.238 e. The van der Waals surface area contributed by atoms with Crippen molar-refractivity contribution < 1.29 is 4.74 Å². The minimum Gasteiger partial charge on any atom is -0.438 e. The van der Waals surface area contributed by atoms with E-state index < -0.39 is 0 Å². The van der Waals surface area contributed by atoms with Gasteiger partial charge in [-0.15, -0.1) is 5.10 Å². The first-order chi connectivity index (χ1) is 7.78. The van der Waals surface area contributed by atoms with Crippen molar-refractivity contribution in [2.45, 2.75) is 6.92 Å². The molecule has 0 amide bonds. The molecular weight excluding hydrogens is 202 g/mol. The van der Waals surface area contributed by atoms with E-state index in [0.717, 1.165) is 11.4 Å². The summed E-state index contributed by atoms with van der Waals surface area (Å²) in [4.78, 5) is 3.80. The van der Waals surface area contributed by atoms with Gasteiger partial charge in [0.05, 0.1) is 11.4 Å². The van der Waals surface area contributed by atoms with Crippen LogP contribution in [0.1, 0.15) is 5.69 Å². The number of nitrogens with zero attached hydrogens (tertiary/aromatic N) is 3. The van der Waals surface area contributed by atoms with Crippen LogP contribution in [0.3, 0.4) is 0 Å². The highest BCUT2D eigenvalue weighted by Gasteiger charge is 1.98. The lowest BCUT2D eigenvalue weighted by Crippen LogP contribution is -1.91. The van der Waals surface area contributed by atoms with Crippen LogP contribution in [0, 0.1) is 6.92 Å². The molecule has 0 radical (unpaired) electrons. The number of hydrogen-bond donors (Lipinski definition) is 0. The van der Waals surface area contributed by atoms with Gasteiger partial charge in [-0.1, -0.05) is 0 Å². The van der Waals surface area contributed by atoms with Gasteiger partial charge in [0.1, 0.15) is 5.75 Å². The molecule has 0 spiro atoms. The number of aliphatic imine (C=N–C) groups is 1. The van der Waals surface area contributed by atoms with Crippen LogP contribution in [0.2, 0.25) is 0 Å². The molecule has 0 bridgehead atoms. The van der Waals surface area contributed by atoms with E-state index in [9.17, 15) is 0 Å². The zero-order valence-electron chi connectivity index (χ0n) is 8.92. The third kappa shape index (κ3) is 2.42. The number of benzene rings is 1. The average Bonchev–Trinajstić information content (AvgIpc) is 2.33. The van der Waals surface area contributed by atoms with E-state index in [2.05, 4.69) is 21.9 Å². The van der Waals surface area contributed by atoms with Gasteiger partial charge in [0.15, 0.2) is 0 Å². The van der Waals surface area contributed by atoms with Crippen molar-refractivity contribution in [2.24, 2.45) is 4.99 Å². The van der Waals surface area contributed by atoms with Gasteiger partial charge in [0.25, 0.3) is 0 Å². The summed E-state index contributed by atoms with van der Waals surface area (Å²) in [5.74, 6) is 1.18. The van der Waals surface area contributed by atoms with Crippen molar-refractivity contribution in [3.63, 3.8) is 0 Å². The zero-order valence-corrected chi connectivity index (χ0v) is 8.92. The third-order valence-electron chi connectivity index (χ3n) is 2.02. The van der Waals surface area contributed by atoms with Crippen LogP contribution in [0.25, 0.3) is 0 Å². The maximum atomic E-state index is 5.50. The molecule has 0 aliphatic heterocycles. The second kappa shape index (κ2) is 4.53. The monoisotopic (exact) mass is 213 g/mol. The fraction of sp³-hybridized carbons (Fsp3) is 0.0833. The van der Waals surface area contributed by atoms with Crippen LogP contribution in [0.5, 0.6) is 11.6 Å². The Bertz CT molecular complexity index is 477. The summed E-state index contributed by atoms with van der Waals surface area (Å²) in [5.41, 5.74) is 1.67. The molecule has 16 heavy (non-hydrogen) atoms. The lowest BCUT2D eigenvalue weighted by molar-refractivity contribution is 0.454. The predicted molar refractivity (Wildman–Crippen MR) is 62.5 cm³/mol. The van der Waals surface area contributed by atoms with Gasteiger partial charge < -0.3 is 4.74 Å². The van der Waals surface area contributed by atoms with Crippen LogP contribution in [0.15, 0.2) is 41.4 Å². The summed E-state index contributed by atoms with van der Waals surface area (Å²) in [6.45, 7) is 5.32. The summed E-state index contributed by atoms with van der Waals surface area (Å²) in [6.07, 6.45) is 0. The van der Waals surface area contributed by atoms with Crippen LogP contribution >= 0.6 is 0 Å². The fourth-order valence-electron chi connectivity index (χ4n) is 1.18. The van der Waals surface area contributed by atoms with E-state index in [1.807, 2.05) is 37.3 Å². The molecule has 2 rings (SSSR count). The van der Waals surface area contributed by atoms with Crippen LogP contribution < -0.4 is 4.74 Å². The quantitative estimate of drug-likeness (QED) is 0.736. The van der Waals surface area contributed by atoms with E-state index in [1.165, 1.54) is 0 Å². The number of ether oxygens (including phenoxy) is 1. The summed E-state index contributed by atoms with van der Waals surface area (Å²) < 4.78 is 5.50. The van der Waals surface area contributed by atoms with Crippen molar-refractivity contribution >= 4 is 12.4 Å². The van der Waals surface area contributed by atoms with Gasteiger partial charge >= 0.3 is 0 Å². The molecule has 0 fully saturated rings. The first-order valence-corrected chi connectivity index (χ1v) is 4.83. The molecule has 0 atom stereocenters. The zero-order chi connectivity index (χ0) is 11.4. The first kappa shape index (κ1) is 10.3. The third-order valence-corrected chi connectivity index (χ3v) is 2.02. The Morgan fingerprint density at radius 2 is 1.81 bits per heavy atom. The number of rotatable bonds is 3. The average molecular weight is 213 g/mol. The minimum absolute atomic E-state index is 0.477. The van der Waals surface area contributed by atoms with Crippen molar-refractivity contribution in [1.29, 1.82) is 0 Å². The van der Waals surface area contributed by atoms with E-state index in [1.54, 1.807) is 6.07 Å². The Balaban J connectivity index is 2.14. The summed E-state index contributed by atoms with van der Waals surface area (Å²) in [6, 6.07) is 10.9. The molecule has 0 saturated carbocycles. The Kier molecular flexibility index (Phi) is 2.91. The van der Waals surface area contributed by atoms with Gasteiger partial charge in [-0.3, -0.25) is 4.99 Å². The van der Waals surface area contributed by atoms with Gasteiger partial charge in [-0.05, 0) is 44.0 Å². The summed E-state index contributed by atoms with van der Waals surface area (Å²) >= 11 is 0. The maximum absolute atomic E-state index is 5.50. The summed E-state index contributed by atoms with van der Waals surface area (Å²) in [7, 11) is 0.